The van der Waals surface area contributed by atoms with Gasteiger partial charge in [-0.15, -0.1) is 0 Å². The van der Waals surface area contributed by atoms with Crippen LogP contribution >= 0.6 is 0 Å². The molecule has 3 aromatic rings. The van der Waals surface area contributed by atoms with Gasteiger partial charge in [0.1, 0.15) is 12.6 Å². The van der Waals surface area contributed by atoms with Gasteiger partial charge >= 0.3 is 12.1 Å². The average Bonchev–Trinajstić information content (AvgIpc) is 3.57. The lowest BCUT2D eigenvalue weighted by molar-refractivity contribution is -0.148. The van der Waals surface area contributed by atoms with Crippen LogP contribution in [0.3, 0.4) is 0 Å². The first-order valence-electron chi connectivity index (χ1n) is 14.2. The van der Waals surface area contributed by atoms with E-state index < -0.39 is 23.5 Å². The summed E-state index contributed by atoms with van der Waals surface area (Å²) in [6.07, 6.45) is 0.157. The van der Waals surface area contributed by atoms with Crippen molar-refractivity contribution in [1.82, 2.24) is 15.1 Å². The minimum absolute atomic E-state index is 0.0950. The van der Waals surface area contributed by atoms with Crippen molar-refractivity contribution in [2.45, 2.75) is 38.3 Å². The summed E-state index contributed by atoms with van der Waals surface area (Å²) in [5.74, 6) is -1.28. The SMILES string of the molecule is CCC1(C(=O)O)CCN(C(=O)C(CN(C)Cc2ccccc2)NC(=O)OCC2c3ccccc3-c3ccccc32)C1. The largest absolute Gasteiger partial charge is 0.481 e. The molecule has 1 aliphatic carbocycles. The monoisotopic (exact) mass is 555 g/mol. The molecule has 8 heteroatoms. The molecule has 214 valence electrons. The van der Waals surface area contributed by atoms with Gasteiger partial charge in [0.25, 0.3) is 0 Å². The highest BCUT2D eigenvalue weighted by Crippen LogP contribution is 2.44. The molecule has 2 unspecified atom stereocenters. The standard InChI is InChI=1S/C33H37N3O5/c1-3-33(31(38)39)17-18-36(22-33)30(37)29(20-35(2)19-23-11-5-4-6-12-23)34-32(40)41-21-28-26-15-9-7-13-24(26)25-14-8-10-16-27(25)28/h4-16,28-29H,3,17-22H2,1-2H3,(H,34,40)(H,38,39). The van der Waals surface area contributed by atoms with Gasteiger partial charge in [0.15, 0.2) is 0 Å². The predicted octanol–water partition coefficient (Wildman–Crippen LogP) is 4.74. The topological polar surface area (TPSA) is 99.2 Å². The van der Waals surface area contributed by atoms with Crippen molar-refractivity contribution in [2.24, 2.45) is 5.41 Å². The lowest BCUT2D eigenvalue weighted by Gasteiger charge is -2.29. The first kappa shape index (κ1) is 28.4. The van der Waals surface area contributed by atoms with Crippen LogP contribution in [0.2, 0.25) is 0 Å². The number of benzene rings is 3. The molecule has 0 spiro atoms. The first-order valence-corrected chi connectivity index (χ1v) is 14.2. The molecule has 1 fully saturated rings. The van der Waals surface area contributed by atoms with E-state index in [-0.39, 0.29) is 31.5 Å². The predicted molar refractivity (Wildman–Crippen MR) is 156 cm³/mol. The average molecular weight is 556 g/mol. The molecular formula is C33H37N3O5. The van der Waals surface area contributed by atoms with Crippen molar-refractivity contribution < 1.29 is 24.2 Å². The van der Waals surface area contributed by atoms with Crippen LogP contribution < -0.4 is 5.32 Å². The van der Waals surface area contributed by atoms with Crippen LogP contribution in [-0.4, -0.2) is 72.2 Å². The summed E-state index contributed by atoms with van der Waals surface area (Å²) < 4.78 is 5.75. The number of aliphatic carboxylic acids is 1. The van der Waals surface area contributed by atoms with Crippen molar-refractivity contribution in [1.29, 1.82) is 0 Å². The Hall–Kier alpha value is -4.17. The summed E-state index contributed by atoms with van der Waals surface area (Å²) >= 11 is 0. The van der Waals surface area contributed by atoms with Crippen molar-refractivity contribution in [3.8, 4) is 11.1 Å². The number of hydrogen-bond donors (Lipinski definition) is 2. The van der Waals surface area contributed by atoms with Gasteiger partial charge in [-0.25, -0.2) is 4.79 Å². The molecule has 0 aromatic heterocycles. The normalized spacial score (nSPS) is 18.6. The number of alkyl carbamates (subject to hydrolysis) is 1. The summed E-state index contributed by atoms with van der Waals surface area (Å²) in [6.45, 7) is 3.28. The van der Waals surface area contributed by atoms with Crippen LogP contribution in [0.4, 0.5) is 4.79 Å². The van der Waals surface area contributed by atoms with Crippen LogP contribution in [-0.2, 0) is 20.9 Å². The minimum atomic E-state index is -0.958. The van der Waals surface area contributed by atoms with Gasteiger partial charge < -0.3 is 20.1 Å². The van der Waals surface area contributed by atoms with Gasteiger partial charge in [-0.2, -0.15) is 0 Å². The first-order chi connectivity index (χ1) is 19.8. The van der Waals surface area contributed by atoms with Gasteiger partial charge in [0.05, 0.1) is 5.41 Å². The maximum atomic E-state index is 13.7. The number of ether oxygens (including phenoxy) is 1. The molecule has 2 aliphatic rings. The van der Waals surface area contributed by atoms with Gasteiger partial charge in [-0.05, 0) is 47.7 Å². The third kappa shape index (κ3) is 5.98. The van der Waals surface area contributed by atoms with Gasteiger partial charge in [0.2, 0.25) is 5.91 Å². The quantitative estimate of drug-likeness (QED) is 0.375. The van der Waals surface area contributed by atoms with E-state index in [0.29, 0.717) is 25.9 Å². The van der Waals surface area contributed by atoms with Gasteiger partial charge in [0, 0.05) is 32.1 Å². The highest BCUT2D eigenvalue weighted by atomic mass is 16.5. The number of hydrogen-bond acceptors (Lipinski definition) is 5. The Morgan fingerprint density at radius 3 is 2.20 bits per heavy atom. The van der Waals surface area contributed by atoms with E-state index in [1.165, 1.54) is 0 Å². The number of fused-ring (bicyclic) bond motifs is 3. The highest BCUT2D eigenvalue weighted by Gasteiger charge is 2.46. The maximum Gasteiger partial charge on any atom is 0.407 e. The third-order valence-electron chi connectivity index (χ3n) is 8.52. The molecule has 0 saturated carbocycles. The zero-order chi connectivity index (χ0) is 29.0. The van der Waals surface area contributed by atoms with E-state index in [1.54, 1.807) is 4.90 Å². The molecule has 41 heavy (non-hydrogen) atoms. The second-order valence-corrected chi connectivity index (χ2v) is 11.2. The Morgan fingerprint density at radius 2 is 1.61 bits per heavy atom. The molecule has 5 rings (SSSR count). The van der Waals surface area contributed by atoms with Crippen molar-refractivity contribution in [2.75, 3.05) is 33.3 Å². The number of rotatable bonds is 10. The van der Waals surface area contributed by atoms with E-state index >= 15 is 0 Å². The Kier molecular flexibility index (Phi) is 8.40. The molecule has 2 N–H and O–H groups in total. The van der Waals surface area contributed by atoms with E-state index in [4.69, 9.17) is 4.74 Å². The number of carbonyl (C=O) groups is 3. The Balaban J connectivity index is 1.29. The van der Waals surface area contributed by atoms with Crippen LogP contribution in [0.15, 0.2) is 78.9 Å². The highest BCUT2D eigenvalue weighted by molar-refractivity contribution is 5.87. The Morgan fingerprint density at radius 1 is 1.00 bits per heavy atom. The van der Waals surface area contributed by atoms with Crippen molar-refractivity contribution in [3.63, 3.8) is 0 Å². The van der Waals surface area contributed by atoms with Gasteiger partial charge in [-0.1, -0.05) is 85.8 Å². The number of carboxylic acids is 1. The van der Waals surface area contributed by atoms with E-state index in [0.717, 1.165) is 27.8 Å². The molecule has 2 atom stereocenters. The van der Waals surface area contributed by atoms with Crippen LogP contribution in [0.25, 0.3) is 11.1 Å². The number of carbonyl (C=O) groups excluding carboxylic acids is 2. The Labute approximate surface area is 240 Å². The molecule has 1 heterocycles. The summed E-state index contributed by atoms with van der Waals surface area (Å²) in [4.78, 5) is 42.4. The van der Waals surface area contributed by atoms with Crippen LogP contribution in [0.1, 0.15) is 42.4 Å². The number of likely N-dealkylation sites (tertiary alicyclic amines) is 1. The fraction of sp³-hybridized carbons (Fsp3) is 0.364. The van der Waals surface area contributed by atoms with Crippen LogP contribution in [0.5, 0.6) is 0 Å². The molecule has 0 radical (unpaired) electrons. The fourth-order valence-electron chi connectivity index (χ4n) is 6.13. The van der Waals surface area contributed by atoms with Crippen LogP contribution in [0, 0.1) is 5.41 Å². The Bertz CT molecular complexity index is 1370. The zero-order valence-electron chi connectivity index (χ0n) is 23.6. The fourth-order valence-corrected chi connectivity index (χ4v) is 6.13. The molecule has 8 nitrogen and oxygen atoms in total. The molecule has 3 aromatic carbocycles. The summed E-state index contributed by atoms with van der Waals surface area (Å²) in [5, 5.41) is 12.6. The second kappa shape index (κ2) is 12.1. The lowest BCUT2D eigenvalue weighted by atomic mass is 9.84. The number of likely N-dealkylation sites (N-methyl/N-ethyl adjacent to an activating group) is 1. The smallest absolute Gasteiger partial charge is 0.407 e. The van der Waals surface area contributed by atoms with Gasteiger partial charge in [-0.3, -0.25) is 14.5 Å². The summed E-state index contributed by atoms with van der Waals surface area (Å²) in [5.41, 5.74) is 4.62. The summed E-state index contributed by atoms with van der Waals surface area (Å²) in [7, 11) is 1.89. The number of carboxylic acid groups (broad SMARTS) is 1. The molecule has 1 saturated heterocycles. The van der Waals surface area contributed by atoms with E-state index in [9.17, 15) is 19.5 Å². The minimum Gasteiger partial charge on any atom is -0.481 e. The summed E-state index contributed by atoms with van der Waals surface area (Å²) in [6, 6.07) is 25.2. The van der Waals surface area contributed by atoms with Crippen molar-refractivity contribution >= 4 is 18.0 Å². The number of amides is 2. The number of nitrogens with zero attached hydrogens (tertiary/aromatic N) is 2. The maximum absolute atomic E-state index is 13.7. The number of nitrogens with one attached hydrogen (secondary N) is 1. The molecule has 1 aliphatic heterocycles. The second-order valence-electron chi connectivity index (χ2n) is 11.2. The van der Waals surface area contributed by atoms with Crippen molar-refractivity contribution in [3.05, 3.63) is 95.6 Å². The van der Waals surface area contributed by atoms with E-state index in [1.807, 2.05) is 73.5 Å². The molecular weight excluding hydrogens is 518 g/mol. The molecule has 0 bridgehead atoms. The third-order valence-corrected chi connectivity index (χ3v) is 8.52. The zero-order valence-corrected chi connectivity index (χ0v) is 23.6. The molecule has 2 amide bonds. The lowest BCUT2D eigenvalue weighted by Crippen LogP contribution is -2.53. The van der Waals surface area contributed by atoms with E-state index in [2.05, 4.69) is 29.6 Å².